The van der Waals surface area contributed by atoms with Crippen LogP contribution in [0.4, 0.5) is 13.2 Å². The Balaban J connectivity index is 3.18. The highest BCUT2D eigenvalue weighted by molar-refractivity contribution is 5.46. The molecule has 0 aliphatic rings. The third-order valence-corrected chi connectivity index (χ3v) is 1.79. The number of nitrogens with zero attached hydrogens (tertiary/aromatic N) is 2. The SMILES string of the molecule is Cc1cnc(OC(F)(F)F)c(C)c1C#N. The topological polar surface area (TPSA) is 45.9 Å². The summed E-state index contributed by atoms with van der Waals surface area (Å²) in [6.45, 7) is 2.95. The first-order chi connectivity index (χ1) is 6.85. The van der Waals surface area contributed by atoms with Gasteiger partial charge in [-0.2, -0.15) is 5.26 Å². The molecule has 0 bridgehead atoms. The number of aryl methyl sites for hydroxylation is 1. The highest BCUT2D eigenvalue weighted by Crippen LogP contribution is 2.26. The minimum Gasteiger partial charge on any atom is -0.388 e. The zero-order valence-electron chi connectivity index (χ0n) is 8.01. The quantitative estimate of drug-likeness (QED) is 0.724. The number of pyridine rings is 1. The van der Waals surface area contributed by atoms with Crippen molar-refractivity contribution in [3.8, 4) is 11.9 Å². The average molecular weight is 216 g/mol. The van der Waals surface area contributed by atoms with E-state index in [0.29, 0.717) is 5.56 Å². The molecule has 0 saturated carbocycles. The van der Waals surface area contributed by atoms with Crippen LogP contribution in [0.5, 0.6) is 5.88 Å². The number of hydrogen-bond acceptors (Lipinski definition) is 3. The van der Waals surface area contributed by atoms with E-state index in [-0.39, 0.29) is 11.1 Å². The molecule has 15 heavy (non-hydrogen) atoms. The van der Waals surface area contributed by atoms with Gasteiger partial charge in [-0.1, -0.05) is 0 Å². The molecule has 0 saturated heterocycles. The van der Waals surface area contributed by atoms with E-state index in [9.17, 15) is 13.2 Å². The van der Waals surface area contributed by atoms with Crippen LogP contribution in [-0.2, 0) is 0 Å². The lowest BCUT2D eigenvalue weighted by molar-refractivity contribution is -0.276. The smallest absolute Gasteiger partial charge is 0.388 e. The van der Waals surface area contributed by atoms with Gasteiger partial charge in [-0.15, -0.1) is 13.2 Å². The molecule has 0 aliphatic carbocycles. The second kappa shape index (κ2) is 3.77. The van der Waals surface area contributed by atoms with E-state index >= 15 is 0 Å². The Morgan fingerprint density at radius 3 is 2.47 bits per heavy atom. The molecule has 1 aromatic heterocycles. The molecule has 6 heteroatoms. The van der Waals surface area contributed by atoms with Crippen LogP contribution in [0.15, 0.2) is 6.20 Å². The summed E-state index contributed by atoms with van der Waals surface area (Å²) in [6, 6.07) is 1.80. The predicted molar refractivity (Wildman–Crippen MR) is 45.1 cm³/mol. The van der Waals surface area contributed by atoms with Crippen LogP contribution >= 0.6 is 0 Å². The second-order valence-corrected chi connectivity index (χ2v) is 2.91. The van der Waals surface area contributed by atoms with E-state index in [4.69, 9.17) is 5.26 Å². The minimum absolute atomic E-state index is 0.0924. The van der Waals surface area contributed by atoms with Crippen molar-refractivity contribution in [3.05, 3.63) is 22.9 Å². The van der Waals surface area contributed by atoms with Crippen LogP contribution in [-0.4, -0.2) is 11.3 Å². The molecule has 0 radical (unpaired) electrons. The Morgan fingerprint density at radius 1 is 1.40 bits per heavy atom. The standard InChI is InChI=1S/C9H7F3N2O/c1-5-4-14-8(15-9(10,11)12)6(2)7(5)3-13/h4H,1-2H3. The molecule has 0 amide bonds. The number of halogens is 3. The van der Waals surface area contributed by atoms with Gasteiger partial charge in [-0.05, 0) is 19.4 Å². The Bertz CT molecular complexity index is 421. The van der Waals surface area contributed by atoms with E-state index in [1.807, 2.05) is 0 Å². The van der Waals surface area contributed by atoms with Gasteiger partial charge in [0.1, 0.15) is 0 Å². The molecule has 0 aromatic carbocycles. The summed E-state index contributed by atoms with van der Waals surface area (Å²) >= 11 is 0. The van der Waals surface area contributed by atoms with E-state index < -0.39 is 12.2 Å². The number of alkyl halides is 3. The summed E-state index contributed by atoms with van der Waals surface area (Å²) in [5, 5.41) is 8.71. The largest absolute Gasteiger partial charge is 0.574 e. The monoisotopic (exact) mass is 216 g/mol. The zero-order valence-corrected chi connectivity index (χ0v) is 8.01. The van der Waals surface area contributed by atoms with E-state index in [1.54, 1.807) is 13.0 Å². The van der Waals surface area contributed by atoms with Gasteiger partial charge in [0.25, 0.3) is 0 Å². The maximum atomic E-state index is 11.9. The zero-order chi connectivity index (χ0) is 11.6. The fourth-order valence-electron chi connectivity index (χ4n) is 1.10. The summed E-state index contributed by atoms with van der Waals surface area (Å²) in [7, 11) is 0. The van der Waals surface area contributed by atoms with Gasteiger partial charge in [0.2, 0.25) is 5.88 Å². The molecule has 1 heterocycles. The first kappa shape index (κ1) is 11.3. The molecular weight excluding hydrogens is 209 g/mol. The summed E-state index contributed by atoms with van der Waals surface area (Å²) in [5.74, 6) is -0.579. The highest BCUT2D eigenvalue weighted by atomic mass is 19.4. The van der Waals surface area contributed by atoms with Crippen LogP contribution in [0.2, 0.25) is 0 Å². The van der Waals surface area contributed by atoms with Crippen molar-refractivity contribution in [1.29, 1.82) is 5.26 Å². The molecule has 3 nitrogen and oxygen atoms in total. The van der Waals surface area contributed by atoms with Crippen molar-refractivity contribution in [2.45, 2.75) is 20.2 Å². The Kier molecular flexibility index (Phi) is 2.84. The van der Waals surface area contributed by atoms with Crippen LogP contribution < -0.4 is 4.74 Å². The maximum Gasteiger partial charge on any atom is 0.574 e. The summed E-state index contributed by atoms with van der Waals surface area (Å²) in [6.07, 6.45) is -3.62. The fourth-order valence-corrected chi connectivity index (χ4v) is 1.10. The molecule has 0 N–H and O–H groups in total. The Morgan fingerprint density at radius 2 is 2.00 bits per heavy atom. The van der Waals surface area contributed by atoms with Crippen molar-refractivity contribution in [1.82, 2.24) is 4.98 Å². The third-order valence-electron chi connectivity index (χ3n) is 1.79. The van der Waals surface area contributed by atoms with Gasteiger partial charge in [-0.3, -0.25) is 0 Å². The number of rotatable bonds is 1. The first-order valence-corrected chi connectivity index (χ1v) is 3.97. The van der Waals surface area contributed by atoms with E-state index in [1.165, 1.54) is 13.1 Å². The van der Waals surface area contributed by atoms with E-state index in [2.05, 4.69) is 9.72 Å². The normalized spacial score (nSPS) is 10.9. The van der Waals surface area contributed by atoms with Gasteiger partial charge in [-0.25, -0.2) is 4.98 Å². The van der Waals surface area contributed by atoms with Gasteiger partial charge in [0, 0.05) is 11.8 Å². The van der Waals surface area contributed by atoms with Crippen LogP contribution in [0.25, 0.3) is 0 Å². The lowest BCUT2D eigenvalue weighted by Gasteiger charge is -2.11. The van der Waals surface area contributed by atoms with Crippen molar-refractivity contribution >= 4 is 0 Å². The molecular formula is C9H7F3N2O. The molecule has 1 rings (SSSR count). The summed E-state index contributed by atoms with van der Waals surface area (Å²) in [5.41, 5.74) is 0.767. The van der Waals surface area contributed by atoms with Crippen LogP contribution in [0.3, 0.4) is 0 Å². The summed E-state index contributed by atoms with van der Waals surface area (Å²) < 4.78 is 39.4. The molecule has 0 unspecified atom stereocenters. The van der Waals surface area contributed by atoms with Gasteiger partial charge >= 0.3 is 6.36 Å². The molecule has 1 aromatic rings. The average Bonchev–Trinajstić information content (AvgIpc) is 2.09. The molecule has 0 atom stereocenters. The lowest BCUT2D eigenvalue weighted by Crippen LogP contribution is -2.19. The molecule has 0 fully saturated rings. The molecule has 80 valence electrons. The van der Waals surface area contributed by atoms with Crippen LogP contribution in [0, 0.1) is 25.2 Å². The van der Waals surface area contributed by atoms with Gasteiger partial charge in [0.05, 0.1) is 11.6 Å². The Labute approximate surface area is 84.1 Å². The van der Waals surface area contributed by atoms with Crippen LogP contribution in [0.1, 0.15) is 16.7 Å². The highest BCUT2D eigenvalue weighted by Gasteiger charge is 2.33. The maximum absolute atomic E-state index is 11.9. The van der Waals surface area contributed by atoms with Crippen molar-refractivity contribution in [3.63, 3.8) is 0 Å². The third kappa shape index (κ3) is 2.59. The lowest BCUT2D eigenvalue weighted by atomic mass is 10.1. The van der Waals surface area contributed by atoms with Gasteiger partial charge < -0.3 is 4.74 Å². The van der Waals surface area contributed by atoms with E-state index in [0.717, 1.165) is 0 Å². The van der Waals surface area contributed by atoms with Crippen molar-refractivity contribution in [2.24, 2.45) is 0 Å². The molecule has 0 spiro atoms. The second-order valence-electron chi connectivity index (χ2n) is 2.91. The minimum atomic E-state index is -4.79. The molecule has 0 aliphatic heterocycles. The van der Waals surface area contributed by atoms with Gasteiger partial charge in [0.15, 0.2) is 0 Å². The predicted octanol–water partition coefficient (Wildman–Crippen LogP) is 2.47. The number of aromatic nitrogens is 1. The van der Waals surface area contributed by atoms with Crippen molar-refractivity contribution < 1.29 is 17.9 Å². The Hall–Kier alpha value is -1.77. The van der Waals surface area contributed by atoms with Crippen molar-refractivity contribution in [2.75, 3.05) is 0 Å². The number of hydrogen-bond donors (Lipinski definition) is 0. The summed E-state index contributed by atoms with van der Waals surface area (Å²) in [4.78, 5) is 3.48. The number of ether oxygens (including phenoxy) is 1. The first-order valence-electron chi connectivity index (χ1n) is 3.97. The number of nitriles is 1. The fraction of sp³-hybridized carbons (Fsp3) is 0.333.